The highest BCUT2D eigenvalue weighted by molar-refractivity contribution is 5.99. The molecule has 2 aromatic carbocycles. The second kappa shape index (κ2) is 6.83. The number of phenols is 1. The molecule has 0 atom stereocenters. The molecule has 1 N–H and O–H groups in total. The Morgan fingerprint density at radius 2 is 1.45 bits per heavy atom. The van der Waals surface area contributed by atoms with E-state index in [4.69, 9.17) is 0 Å². The van der Waals surface area contributed by atoms with Crippen molar-refractivity contribution in [1.29, 1.82) is 0 Å². The molecule has 1 heteroatoms. The molecule has 0 saturated heterocycles. The van der Waals surface area contributed by atoms with Crippen molar-refractivity contribution in [2.75, 3.05) is 0 Å². The standard InChI is InChI=1S/C21H19O/c1-2-20(16-8-4-3-5-9-16)21(17-10-6-7-11-17)18-12-14-19(22)15-13-18/h3-15,22H,2H2,1H3/b21-20+. The molecule has 0 unspecified atom stereocenters. The Labute approximate surface area is 133 Å². The fourth-order valence-electron chi connectivity index (χ4n) is 2.85. The Hall–Kier alpha value is -2.02. The Balaban J connectivity index is 2.14. The third-order valence-corrected chi connectivity index (χ3v) is 3.88. The molecule has 5 radical (unpaired) electrons. The van der Waals surface area contributed by atoms with E-state index >= 15 is 0 Å². The van der Waals surface area contributed by atoms with Gasteiger partial charge in [-0.3, -0.25) is 0 Å². The van der Waals surface area contributed by atoms with Gasteiger partial charge in [0.05, 0.1) is 0 Å². The second-order valence-corrected chi connectivity index (χ2v) is 5.29. The summed E-state index contributed by atoms with van der Waals surface area (Å²) in [5.74, 6) is 1.51. The van der Waals surface area contributed by atoms with Crippen molar-refractivity contribution in [3.8, 4) is 5.75 Å². The summed E-state index contributed by atoms with van der Waals surface area (Å²) in [5, 5.41) is 9.57. The molecule has 3 rings (SSSR count). The smallest absolute Gasteiger partial charge is 0.115 e. The summed E-state index contributed by atoms with van der Waals surface area (Å²) in [6.45, 7) is 2.19. The van der Waals surface area contributed by atoms with Gasteiger partial charge in [0.1, 0.15) is 5.75 Å². The van der Waals surface area contributed by atoms with Crippen LogP contribution < -0.4 is 0 Å². The van der Waals surface area contributed by atoms with Gasteiger partial charge in [0, 0.05) is 5.92 Å². The van der Waals surface area contributed by atoms with Crippen molar-refractivity contribution in [2.24, 2.45) is 0 Å². The van der Waals surface area contributed by atoms with E-state index in [2.05, 4.69) is 56.9 Å². The maximum Gasteiger partial charge on any atom is 0.115 e. The van der Waals surface area contributed by atoms with E-state index < -0.39 is 0 Å². The first kappa shape index (κ1) is 14.9. The van der Waals surface area contributed by atoms with E-state index in [0.717, 1.165) is 12.0 Å². The van der Waals surface area contributed by atoms with Crippen LogP contribution in [0.5, 0.6) is 5.75 Å². The Kier molecular flexibility index (Phi) is 4.62. The Bertz CT molecular complexity index is 631. The van der Waals surface area contributed by atoms with Crippen LogP contribution in [-0.2, 0) is 0 Å². The zero-order valence-electron chi connectivity index (χ0n) is 12.7. The molecular formula is C21H19O. The molecule has 1 aliphatic rings. The highest BCUT2D eigenvalue weighted by atomic mass is 16.3. The van der Waals surface area contributed by atoms with Crippen LogP contribution in [-0.4, -0.2) is 5.11 Å². The van der Waals surface area contributed by atoms with E-state index in [-0.39, 0.29) is 0 Å². The fraction of sp³-hybridized carbons (Fsp3) is 0.0952. The SMILES string of the molecule is CC/C(=C(/[C]1[CH][CH][CH][CH]1)c1ccc(O)cc1)c1ccccc1. The van der Waals surface area contributed by atoms with Gasteiger partial charge in [-0.05, 0) is 66.5 Å². The molecule has 0 aliphatic heterocycles. The minimum atomic E-state index is 0.295. The van der Waals surface area contributed by atoms with Crippen molar-refractivity contribution in [2.45, 2.75) is 13.3 Å². The summed E-state index contributed by atoms with van der Waals surface area (Å²) >= 11 is 0. The summed E-state index contributed by atoms with van der Waals surface area (Å²) in [7, 11) is 0. The van der Waals surface area contributed by atoms with Crippen LogP contribution in [0.2, 0.25) is 0 Å². The molecule has 0 aromatic heterocycles. The summed E-state index contributed by atoms with van der Waals surface area (Å²) in [6, 6.07) is 18.0. The highest BCUT2D eigenvalue weighted by Gasteiger charge is 2.25. The maximum atomic E-state index is 9.57. The monoisotopic (exact) mass is 287 g/mol. The van der Waals surface area contributed by atoms with Crippen LogP contribution in [0.15, 0.2) is 54.6 Å². The van der Waals surface area contributed by atoms with Gasteiger partial charge in [0.15, 0.2) is 0 Å². The van der Waals surface area contributed by atoms with Gasteiger partial charge < -0.3 is 5.11 Å². The van der Waals surface area contributed by atoms with Crippen molar-refractivity contribution in [3.63, 3.8) is 0 Å². The third kappa shape index (κ3) is 3.09. The quantitative estimate of drug-likeness (QED) is 0.774. The number of aromatic hydroxyl groups is 1. The highest BCUT2D eigenvalue weighted by Crippen LogP contribution is 2.42. The first-order valence-electron chi connectivity index (χ1n) is 7.59. The van der Waals surface area contributed by atoms with Crippen LogP contribution in [0.1, 0.15) is 24.5 Å². The molecule has 1 saturated carbocycles. The molecule has 0 amide bonds. The summed E-state index contributed by atoms with van der Waals surface area (Å²) in [4.78, 5) is 0. The lowest BCUT2D eigenvalue weighted by molar-refractivity contribution is 0.475. The molecule has 0 bridgehead atoms. The van der Waals surface area contributed by atoms with Crippen molar-refractivity contribution in [1.82, 2.24) is 0 Å². The molecule has 1 aliphatic carbocycles. The number of allylic oxidation sites excluding steroid dienone is 2. The van der Waals surface area contributed by atoms with Crippen LogP contribution >= 0.6 is 0 Å². The third-order valence-electron chi connectivity index (χ3n) is 3.88. The van der Waals surface area contributed by atoms with Gasteiger partial charge in [-0.1, -0.05) is 49.4 Å². The Morgan fingerprint density at radius 1 is 0.818 bits per heavy atom. The van der Waals surface area contributed by atoms with Gasteiger partial charge >= 0.3 is 0 Å². The lowest BCUT2D eigenvalue weighted by Crippen LogP contribution is -2.01. The van der Waals surface area contributed by atoms with Crippen LogP contribution in [0.3, 0.4) is 0 Å². The number of hydrogen-bond donors (Lipinski definition) is 1. The number of rotatable bonds is 4. The average Bonchev–Trinajstić information content (AvgIpc) is 3.08. The van der Waals surface area contributed by atoms with E-state index in [1.165, 1.54) is 22.6 Å². The van der Waals surface area contributed by atoms with Gasteiger partial charge in [-0.2, -0.15) is 0 Å². The van der Waals surface area contributed by atoms with Gasteiger partial charge in [0.25, 0.3) is 0 Å². The van der Waals surface area contributed by atoms with Crippen LogP contribution in [0.4, 0.5) is 0 Å². The molecule has 1 nitrogen and oxygen atoms in total. The number of hydrogen-bond acceptors (Lipinski definition) is 1. The topological polar surface area (TPSA) is 20.2 Å². The molecule has 0 heterocycles. The molecule has 2 aromatic rings. The fourth-order valence-corrected chi connectivity index (χ4v) is 2.85. The zero-order chi connectivity index (χ0) is 15.4. The first-order valence-corrected chi connectivity index (χ1v) is 7.59. The van der Waals surface area contributed by atoms with E-state index in [0.29, 0.717) is 5.75 Å². The van der Waals surface area contributed by atoms with Gasteiger partial charge in [-0.25, -0.2) is 0 Å². The second-order valence-electron chi connectivity index (χ2n) is 5.29. The average molecular weight is 287 g/mol. The van der Waals surface area contributed by atoms with E-state index in [1.807, 2.05) is 18.2 Å². The van der Waals surface area contributed by atoms with Crippen molar-refractivity contribution < 1.29 is 5.11 Å². The van der Waals surface area contributed by atoms with E-state index in [9.17, 15) is 5.11 Å². The molecule has 1 fully saturated rings. The maximum absolute atomic E-state index is 9.57. The van der Waals surface area contributed by atoms with Gasteiger partial charge in [-0.15, -0.1) is 0 Å². The Morgan fingerprint density at radius 3 is 2.05 bits per heavy atom. The zero-order valence-corrected chi connectivity index (χ0v) is 12.7. The van der Waals surface area contributed by atoms with Crippen molar-refractivity contribution in [3.05, 3.63) is 97.3 Å². The molecule has 22 heavy (non-hydrogen) atoms. The minimum absolute atomic E-state index is 0.295. The molecular weight excluding hydrogens is 268 g/mol. The largest absolute Gasteiger partial charge is 0.508 e. The predicted molar refractivity (Wildman–Crippen MR) is 92.1 cm³/mol. The van der Waals surface area contributed by atoms with Crippen LogP contribution in [0.25, 0.3) is 11.1 Å². The van der Waals surface area contributed by atoms with E-state index in [1.54, 1.807) is 12.1 Å². The number of phenolic OH excluding ortho intramolecular Hbond substituents is 1. The molecule has 109 valence electrons. The summed E-state index contributed by atoms with van der Waals surface area (Å²) in [6.07, 6.45) is 9.36. The van der Waals surface area contributed by atoms with Crippen molar-refractivity contribution >= 4 is 11.1 Å². The normalized spacial score (nSPS) is 16.6. The summed E-state index contributed by atoms with van der Waals surface area (Å²) in [5.41, 5.74) is 4.93. The minimum Gasteiger partial charge on any atom is -0.508 e. The lowest BCUT2D eigenvalue weighted by atomic mass is 9.83. The lowest BCUT2D eigenvalue weighted by Gasteiger charge is -2.20. The first-order chi connectivity index (χ1) is 10.8. The number of benzene rings is 2. The molecule has 0 spiro atoms. The van der Waals surface area contributed by atoms with Gasteiger partial charge in [0.2, 0.25) is 0 Å². The predicted octanol–water partition coefficient (Wildman–Crippen LogP) is 5.12. The van der Waals surface area contributed by atoms with Crippen LogP contribution in [0, 0.1) is 31.6 Å². The summed E-state index contributed by atoms with van der Waals surface area (Å²) < 4.78 is 0.